The number of aromatic carboxylic acids is 1. The van der Waals surface area contributed by atoms with Crippen molar-refractivity contribution in [3.63, 3.8) is 0 Å². The Morgan fingerprint density at radius 1 is 1.40 bits per heavy atom. The Bertz CT molecular complexity index is 668. The van der Waals surface area contributed by atoms with Gasteiger partial charge < -0.3 is 10.0 Å². The lowest BCUT2D eigenvalue weighted by Crippen LogP contribution is -2.16. The summed E-state index contributed by atoms with van der Waals surface area (Å²) in [5.74, 6) is -0.884. The van der Waals surface area contributed by atoms with Crippen molar-refractivity contribution in [1.29, 1.82) is 5.26 Å². The van der Waals surface area contributed by atoms with Gasteiger partial charge in [0, 0.05) is 24.2 Å². The van der Waals surface area contributed by atoms with Gasteiger partial charge in [0.25, 0.3) is 0 Å². The van der Waals surface area contributed by atoms with Crippen molar-refractivity contribution in [2.45, 2.75) is 13.5 Å². The maximum absolute atomic E-state index is 11.0. The summed E-state index contributed by atoms with van der Waals surface area (Å²) < 4.78 is 0. The number of thiophene rings is 1. The lowest BCUT2D eigenvalue weighted by molar-refractivity contribution is 0.0702. The van der Waals surface area contributed by atoms with Gasteiger partial charge in [-0.15, -0.1) is 11.3 Å². The molecule has 2 rings (SSSR count). The van der Waals surface area contributed by atoms with E-state index in [0.29, 0.717) is 17.0 Å². The van der Waals surface area contributed by atoms with Crippen LogP contribution in [-0.4, -0.2) is 18.1 Å². The Hall–Kier alpha value is -2.32. The zero-order valence-electron chi connectivity index (χ0n) is 11.3. The van der Waals surface area contributed by atoms with Crippen molar-refractivity contribution >= 4 is 23.0 Å². The van der Waals surface area contributed by atoms with Crippen LogP contribution < -0.4 is 4.90 Å². The van der Waals surface area contributed by atoms with Crippen LogP contribution in [-0.2, 0) is 6.54 Å². The Morgan fingerprint density at radius 3 is 2.55 bits per heavy atom. The van der Waals surface area contributed by atoms with Crippen molar-refractivity contribution in [1.82, 2.24) is 0 Å². The van der Waals surface area contributed by atoms with Gasteiger partial charge in [0.2, 0.25) is 0 Å². The highest BCUT2D eigenvalue weighted by atomic mass is 32.1. The minimum absolute atomic E-state index is 0.366. The van der Waals surface area contributed by atoms with Crippen LogP contribution in [0.1, 0.15) is 25.7 Å². The van der Waals surface area contributed by atoms with E-state index in [-0.39, 0.29) is 0 Å². The molecule has 0 atom stereocenters. The molecule has 0 aliphatic heterocycles. The molecule has 0 amide bonds. The fourth-order valence-electron chi connectivity index (χ4n) is 1.92. The van der Waals surface area contributed by atoms with Crippen LogP contribution in [0.25, 0.3) is 0 Å². The van der Waals surface area contributed by atoms with Gasteiger partial charge in [0.1, 0.15) is 4.88 Å². The number of carboxylic acids is 1. The van der Waals surface area contributed by atoms with Gasteiger partial charge in [0.05, 0.1) is 11.6 Å². The molecule has 0 saturated carbocycles. The van der Waals surface area contributed by atoms with Gasteiger partial charge in [-0.25, -0.2) is 4.79 Å². The first-order valence-corrected chi connectivity index (χ1v) is 6.87. The molecular formula is C15H14N2O2S. The van der Waals surface area contributed by atoms with Crippen molar-refractivity contribution in [2.24, 2.45) is 0 Å². The summed E-state index contributed by atoms with van der Waals surface area (Å²) in [5.41, 5.74) is 2.63. The zero-order chi connectivity index (χ0) is 14.7. The smallest absolute Gasteiger partial charge is 0.345 e. The average Bonchev–Trinajstić information content (AvgIpc) is 2.80. The second kappa shape index (κ2) is 5.76. The van der Waals surface area contributed by atoms with Crippen LogP contribution in [0.2, 0.25) is 0 Å². The van der Waals surface area contributed by atoms with E-state index in [0.717, 1.165) is 16.1 Å². The number of anilines is 1. The first kappa shape index (κ1) is 14.1. The highest BCUT2D eigenvalue weighted by Crippen LogP contribution is 2.24. The van der Waals surface area contributed by atoms with E-state index >= 15 is 0 Å². The first-order chi connectivity index (χ1) is 9.51. The Balaban J connectivity index is 2.16. The average molecular weight is 286 g/mol. The normalized spacial score (nSPS) is 10.1. The zero-order valence-corrected chi connectivity index (χ0v) is 12.1. The van der Waals surface area contributed by atoms with Gasteiger partial charge in [-0.2, -0.15) is 5.26 Å². The second-order valence-electron chi connectivity index (χ2n) is 4.51. The van der Waals surface area contributed by atoms with E-state index in [9.17, 15) is 4.79 Å². The number of rotatable bonds is 4. The SMILES string of the molecule is Cc1sc(C(=O)O)cc1CN(C)c1ccc(C#N)cc1. The molecule has 1 heterocycles. The Kier molecular flexibility index (Phi) is 4.06. The molecule has 2 aromatic rings. The van der Waals surface area contributed by atoms with Gasteiger partial charge in [0.15, 0.2) is 0 Å². The molecule has 4 nitrogen and oxygen atoms in total. The quantitative estimate of drug-likeness (QED) is 0.937. The first-order valence-electron chi connectivity index (χ1n) is 6.05. The lowest BCUT2D eigenvalue weighted by atomic mass is 10.2. The summed E-state index contributed by atoms with van der Waals surface area (Å²) >= 11 is 1.30. The molecule has 0 aliphatic rings. The van der Waals surface area contributed by atoms with E-state index in [1.807, 2.05) is 31.0 Å². The summed E-state index contributed by atoms with van der Waals surface area (Å²) in [6.07, 6.45) is 0. The molecule has 1 N–H and O–H groups in total. The van der Waals surface area contributed by atoms with Crippen LogP contribution in [0.3, 0.4) is 0 Å². The van der Waals surface area contributed by atoms with E-state index in [2.05, 4.69) is 6.07 Å². The topological polar surface area (TPSA) is 64.3 Å². The molecule has 0 radical (unpaired) electrons. The predicted octanol–water partition coefficient (Wildman–Crippen LogP) is 3.26. The van der Waals surface area contributed by atoms with Crippen LogP contribution in [0.5, 0.6) is 0 Å². The summed E-state index contributed by atoms with van der Waals surface area (Å²) in [5, 5.41) is 17.8. The van der Waals surface area contributed by atoms with Crippen molar-refractivity contribution in [2.75, 3.05) is 11.9 Å². The van der Waals surface area contributed by atoms with Crippen LogP contribution >= 0.6 is 11.3 Å². The molecule has 1 aromatic heterocycles. The molecule has 0 spiro atoms. The van der Waals surface area contributed by atoms with E-state index in [4.69, 9.17) is 10.4 Å². The molecule has 5 heteroatoms. The fraction of sp³-hybridized carbons (Fsp3) is 0.200. The molecule has 0 aliphatic carbocycles. The number of nitriles is 1. The van der Waals surface area contributed by atoms with Crippen molar-refractivity contribution < 1.29 is 9.90 Å². The fourth-order valence-corrected chi connectivity index (χ4v) is 2.79. The number of hydrogen-bond donors (Lipinski definition) is 1. The molecule has 102 valence electrons. The lowest BCUT2D eigenvalue weighted by Gasteiger charge is -2.19. The highest BCUT2D eigenvalue weighted by molar-refractivity contribution is 7.14. The molecule has 0 unspecified atom stereocenters. The summed E-state index contributed by atoms with van der Waals surface area (Å²) in [6, 6.07) is 11.1. The van der Waals surface area contributed by atoms with Crippen molar-refractivity contribution in [3.8, 4) is 6.07 Å². The number of nitrogens with zero attached hydrogens (tertiary/aromatic N) is 2. The number of carbonyl (C=O) groups is 1. The summed E-state index contributed by atoms with van der Waals surface area (Å²) in [6.45, 7) is 2.57. The van der Waals surface area contributed by atoms with Crippen LogP contribution in [0.4, 0.5) is 5.69 Å². The van der Waals surface area contributed by atoms with E-state index in [1.165, 1.54) is 11.3 Å². The van der Waals surface area contributed by atoms with Crippen LogP contribution in [0.15, 0.2) is 30.3 Å². The third-order valence-electron chi connectivity index (χ3n) is 3.08. The Morgan fingerprint density at radius 2 is 2.05 bits per heavy atom. The monoisotopic (exact) mass is 286 g/mol. The maximum Gasteiger partial charge on any atom is 0.345 e. The molecule has 1 aromatic carbocycles. The maximum atomic E-state index is 11.0. The minimum Gasteiger partial charge on any atom is -0.477 e. The van der Waals surface area contributed by atoms with Gasteiger partial charge in [-0.1, -0.05) is 0 Å². The van der Waals surface area contributed by atoms with E-state index < -0.39 is 5.97 Å². The largest absolute Gasteiger partial charge is 0.477 e. The van der Waals surface area contributed by atoms with Crippen molar-refractivity contribution in [3.05, 3.63) is 51.2 Å². The summed E-state index contributed by atoms with van der Waals surface area (Å²) in [7, 11) is 1.94. The number of hydrogen-bond acceptors (Lipinski definition) is 4. The minimum atomic E-state index is -0.884. The van der Waals surface area contributed by atoms with Crippen LogP contribution in [0, 0.1) is 18.3 Å². The standard InChI is InChI=1S/C15H14N2O2S/c1-10-12(7-14(20-10)15(18)19)9-17(2)13-5-3-11(8-16)4-6-13/h3-7H,9H2,1-2H3,(H,18,19). The molecule has 0 bridgehead atoms. The van der Waals surface area contributed by atoms with Gasteiger partial charge in [-0.3, -0.25) is 0 Å². The third kappa shape index (κ3) is 2.98. The predicted molar refractivity (Wildman–Crippen MR) is 79.3 cm³/mol. The molecular weight excluding hydrogens is 272 g/mol. The molecule has 20 heavy (non-hydrogen) atoms. The third-order valence-corrected chi connectivity index (χ3v) is 4.16. The highest BCUT2D eigenvalue weighted by Gasteiger charge is 2.12. The number of aryl methyl sites for hydroxylation is 1. The summed E-state index contributed by atoms with van der Waals surface area (Å²) in [4.78, 5) is 14.4. The van der Waals surface area contributed by atoms with E-state index in [1.54, 1.807) is 18.2 Å². The number of carboxylic acid groups (broad SMARTS) is 1. The molecule has 0 fully saturated rings. The Labute approximate surface area is 121 Å². The second-order valence-corrected chi connectivity index (χ2v) is 5.77. The van der Waals surface area contributed by atoms with Gasteiger partial charge in [-0.05, 0) is 42.8 Å². The number of benzene rings is 1. The molecule has 0 saturated heterocycles. The van der Waals surface area contributed by atoms with Gasteiger partial charge >= 0.3 is 5.97 Å².